The Morgan fingerprint density at radius 3 is 2.52 bits per heavy atom. The van der Waals surface area contributed by atoms with Gasteiger partial charge in [-0.05, 0) is 24.3 Å². The third-order valence-corrected chi connectivity index (χ3v) is 4.60. The molecule has 2 aromatic heterocycles. The molecular formula is C17H18N6O2. The molecule has 3 aromatic rings. The Bertz CT molecular complexity index is 930. The van der Waals surface area contributed by atoms with Crippen LogP contribution in [-0.4, -0.2) is 40.5 Å². The first-order valence-electron chi connectivity index (χ1n) is 8.09. The molecule has 0 atom stereocenters. The second-order valence-corrected chi connectivity index (χ2v) is 6.02. The minimum Gasteiger partial charge on any atom is -0.393 e. The number of anilines is 3. The molecule has 8 nitrogen and oxygen atoms in total. The van der Waals surface area contributed by atoms with E-state index < -0.39 is 4.92 Å². The van der Waals surface area contributed by atoms with Gasteiger partial charge in [-0.25, -0.2) is 4.98 Å². The number of nitro benzene ring substituents is 1. The molecule has 0 aliphatic carbocycles. The average molecular weight is 338 g/mol. The third-order valence-electron chi connectivity index (χ3n) is 4.60. The van der Waals surface area contributed by atoms with Gasteiger partial charge in [-0.3, -0.25) is 14.5 Å². The van der Waals surface area contributed by atoms with E-state index in [1.807, 2.05) is 23.2 Å². The highest BCUT2D eigenvalue weighted by atomic mass is 16.6. The van der Waals surface area contributed by atoms with E-state index in [0.717, 1.165) is 24.4 Å². The molecule has 1 aliphatic rings. The fourth-order valence-corrected chi connectivity index (χ4v) is 3.37. The van der Waals surface area contributed by atoms with Crippen LogP contribution in [0.2, 0.25) is 0 Å². The number of nitro groups is 1. The number of nitrogens with two attached hydrogens (primary N) is 1. The minimum absolute atomic E-state index is 0.00680. The van der Waals surface area contributed by atoms with Gasteiger partial charge in [0.25, 0.3) is 0 Å². The number of nitrogens with zero attached hydrogens (tertiary/aromatic N) is 5. The largest absolute Gasteiger partial charge is 0.393 e. The molecule has 0 bridgehead atoms. The van der Waals surface area contributed by atoms with Crippen molar-refractivity contribution in [3.8, 4) is 0 Å². The van der Waals surface area contributed by atoms with Gasteiger partial charge in [-0.2, -0.15) is 0 Å². The number of hydrogen-bond donors (Lipinski definition) is 1. The van der Waals surface area contributed by atoms with Crippen molar-refractivity contribution in [2.24, 2.45) is 0 Å². The van der Waals surface area contributed by atoms with Crippen LogP contribution in [0.15, 0.2) is 48.9 Å². The molecule has 0 amide bonds. The van der Waals surface area contributed by atoms with Gasteiger partial charge in [0, 0.05) is 26.2 Å². The Hall–Kier alpha value is -3.29. The predicted molar refractivity (Wildman–Crippen MR) is 97.1 cm³/mol. The van der Waals surface area contributed by atoms with Crippen LogP contribution in [0.3, 0.4) is 0 Å². The second-order valence-electron chi connectivity index (χ2n) is 6.02. The van der Waals surface area contributed by atoms with E-state index in [0.29, 0.717) is 18.8 Å². The van der Waals surface area contributed by atoms with E-state index in [4.69, 9.17) is 5.73 Å². The van der Waals surface area contributed by atoms with Gasteiger partial charge in [-0.15, -0.1) is 0 Å². The number of nitrogen functional groups attached to an aromatic ring is 1. The Morgan fingerprint density at radius 2 is 1.76 bits per heavy atom. The van der Waals surface area contributed by atoms with Crippen molar-refractivity contribution >= 4 is 28.4 Å². The van der Waals surface area contributed by atoms with Crippen molar-refractivity contribution < 1.29 is 4.92 Å². The van der Waals surface area contributed by atoms with Crippen molar-refractivity contribution in [1.82, 2.24) is 9.38 Å². The fraction of sp³-hybridized carbons (Fsp3) is 0.235. The number of benzene rings is 1. The SMILES string of the molecule is Nc1cccc(N2CCN(c3cccc4cncn34)CC2)c1[N+](=O)[O-]. The van der Waals surface area contributed by atoms with Gasteiger partial charge in [-0.1, -0.05) is 12.1 Å². The first-order chi connectivity index (χ1) is 12.1. The van der Waals surface area contributed by atoms with Crippen LogP contribution in [0.4, 0.5) is 22.9 Å². The Kier molecular flexibility index (Phi) is 3.64. The highest BCUT2D eigenvalue weighted by Crippen LogP contribution is 2.34. The van der Waals surface area contributed by atoms with Crippen LogP contribution in [0, 0.1) is 10.1 Å². The van der Waals surface area contributed by atoms with Crippen LogP contribution in [0.25, 0.3) is 5.52 Å². The molecule has 25 heavy (non-hydrogen) atoms. The summed E-state index contributed by atoms with van der Waals surface area (Å²) in [6, 6.07) is 11.2. The van der Waals surface area contributed by atoms with Gasteiger partial charge < -0.3 is 15.5 Å². The van der Waals surface area contributed by atoms with E-state index >= 15 is 0 Å². The molecule has 1 aromatic carbocycles. The summed E-state index contributed by atoms with van der Waals surface area (Å²) in [4.78, 5) is 19.5. The van der Waals surface area contributed by atoms with Gasteiger partial charge in [0.2, 0.25) is 0 Å². The van der Waals surface area contributed by atoms with E-state index in [2.05, 4.69) is 20.4 Å². The third kappa shape index (κ3) is 2.61. The standard InChI is InChI=1S/C17H18N6O2/c18-14-4-2-5-15(17(14)23(24)25)20-7-9-21(10-8-20)16-6-1-3-13-11-19-12-22(13)16/h1-6,11-12H,7-10,18H2. The molecule has 1 aliphatic heterocycles. The Labute approximate surface area is 144 Å². The van der Waals surface area contributed by atoms with Gasteiger partial charge in [0.1, 0.15) is 23.5 Å². The van der Waals surface area contributed by atoms with Gasteiger partial charge in [0.15, 0.2) is 0 Å². The van der Waals surface area contributed by atoms with E-state index in [-0.39, 0.29) is 11.4 Å². The number of para-hydroxylation sites is 1. The lowest BCUT2D eigenvalue weighted by Crippen LogP contribution is -2.47. The van der Waals surface area contributed by atoms with Crippen molar-refractivity contribution in [1.29, 1.82) is 0 Å². The summed E-state index contributed by atoms with van der Waals surface area (Å²) < 4.78 is 2.05. The highest BCUT2D eigenvalue weighted by Gasteiger charge is 2.26. The number of imidazole rings is 1. The summed E-state index contributed by atoms with van der Waals surface area (Å²) in [5, 5.41) is 11.4. The molecule has 1 fully saturated rings. The smallest absolute Gasteiger partial charge is 0.315 e. The highest BCUT2D eigenvalue weighted by molar-refractivity contribution is 5.75. The molecule has 3 heterocycles. The monoisotopic (exact) mass is 338 g/mol. The van der Waals surface area contributed by atoms with Crippen molar-refractivity contribution in [2.45, 2.75) is 0 Å². The molecule has 4 rings (SSSR count). The fourth-order valence-electron chi connectivity index (χ4n) is 3.37. The summed E-state index contributed by atoms with van der Waals surface area (Å²) >= 11 is 0. The van der Waals surface area contributed by atoms with Crippen molar-refractivity contribution in [3.63, 3.8) is 0 Å². The maximum Gasteiger partial charge on any atom is 0.315 e. The zero-order valence-electron chi connectivity index (χ0n) is 13.6. The Balaban J connectivity index is 1.57. The maximum atomic E-state index is 11.4. The summed E-state index contributed by atoms with van der Waals surface area (Å²) in [5.41, 5.74) is 7.64. The molecule has 8 heteroatoms. The summed E-state index contributed by atoms with van der Waals surface area (Å²) in [6.07, 6.45) is 3.63. The quantitative estimate of drug-likeness (QED) is 0.447. The summed E-state index contributed by atoms with van der Waals surface area (Å²) in [6.45, 7) is 2.91. The van der Waals surface area contributed by atoms with Gasteiger partial charge in [0.05, 0.1) is 16.6 Å². The maximum absolute atomic E-state index is 11.4. The molecule has 0 unspecified atom stereocenters. The van der Waals surface area contributed by atoms with Crippen LogP contribution in [0.5, 0.6) is 0 Å². The van der Waals surface area contributed by atoms with Crippen LogP contribution < -0.4 is 15.5 Å². The lowest BCUT2D eigenvalue weighted by Gasteiger charge is -2.37. The average Bonchev–Trinajstić information content (AvgIpc) is 3.10. The second kappa shape index (κ2) is 5.97. The van der Waals surface area contributed by atoms with Crippen LogP contribution >= 0.6 is 0 Å². The van der Waals surface area contributed by atoms with E-state index in [1.165, 1.54) is 0 Å². The molecule has 0 spiro atoms. The number of rotatable bonds is 3. The lowest BCUT2D eigenvalue weighted by atomic mass is 10.2. The van der Waals surface area contributed by atoms with Gasteiger partial charge >= 0.3 is 5.69 Å². The zero-order valence-corrected chi connectivity index (χ0v) is 13.6. The first-order valence-corrected chi connectivity index (χ1v) is 8.09. The molecule has 128 valence electrons. The predicted octanol–water partition coefficient (Wildman–Crippen LogP) is 2.15. The number of aromatic nitrogens is 2. The Morgan fingerprint density at radius 1 is 1.04 bits per heavy atom. The van der Waals surface area contributed by atoms with E-state index in [1.54, 1.807) is 24.5 Å². The lowest BCUT2D eigenvalue weighted by molar-refractivity contribution is -0.383. The molecular weight excluding hydrogens is 320 g/mol. The molecule has 0 saturated carbocycles. The summed E-state index contributed by atoms with van der Waals surface area (Å²) in [5.74, 6) is 1.08. The van der Waals surface area contributed by atoms with E-state index in [9.17, 15) is 10.1 Å². The molecule has 0 radical (unpaired) electrons. The van der Waals surface area contributed by atoms with Crippen molar-refractivity contribution in [2.75, 3.05) is 41.7 Å². The van der Waals surface area contributed by atoms with Crippen molar-refractivity contribution in [3.05, 3.63) is 59.0 Å². The minimum atomic E-state index is -0.400. The molecule has 1 saturated heterocycles. The topological polar surface area (TPSA) is 92.9 Å². The van der Waals surface area contributed by atoms with Crippen LogP contribution in [0.1, 0.15) is 0 Å². The summed E-state index contributed by atoms with van der Waals surface area (Å²) in [7, 11) is 0. The number of pyridine rings is 1. The zero-order chi connectivity index (χ0) is 17.4. The normalized spacial score (nSPS) is 14.9. The molecule has 2 N–H and O–H groups in total. The number of piperazine rings is 1. The number of fused-ring (bicyclic) bond motifs is 1. The number of hydrogen-bond acceptors (Lipinski definition) is 6. The van der Waals surface area contributed by atoms with Crippen LogP contribution in [-0.2, 0) is 0 Å². The first kappa shape index (κ1) is 15.3.